The summed E-state index contributed by atoms with van der Waals surface area (Å²) in [5.74, 6) is 0.516. The largest absolute Gasteiger partial charge is 0.387 e. The molecule has 23 heavy (non-hydrogen) atoms. The van der Waals surface area contributed by atoms with E-state index in [-0.39, 0.29) is 5.82 Å². The highest BCUT2D eigenvalue weighted by molar-refractivity contribution is 5.18. The highest BCUT2D eigenvalue weighted by atomic mass is 19.1. The lowest BCUT2D eigenvalue weighted by molar-refractivity contribution is 0.00230. The molecule has 0 spiro atoms. The van der Waals surface area contributed by atoms with E-state index in [2.05, 4.69) is 9.80 Å². The number of aliphatic hydroxyl groups is 1. The average molecular weight is 318 g/mol. The van der Waals surface area contributed by atoms with Gasteiger partial charge in [-0.25, -0.2) is 4.39 Å². The molecule has 3 fully saturated rings. The predicted molar refractivity (Wildman–Crippen MR) is 88.7 cm³/mol. The first-order chi connectivity index (χ1) is 11.2. The molecule has 2 aliphatic heterocycles. The molecular weight excluding hydrogens is 291 g/mol. The zero-order chi connectivity index (χ0) is 15.8. The molecule has 126 valence electrons. The fourth-order valence-corrected chi connectivity index (χ4v) is 4.58. The number of piperidine rings is 2. The topological polar surface area (TPSA) is 26.7 Å². The van der Waals surface area contributed by atoms with Crippen LogP contribution in [0.5, 0.6) is 0 Å². The van der Waals surface area contributed by atoms with Gasteiger partial charge in [0.15, 0.2) is 0 Å². The van der Waals surface area contributed by atoms with Gasteiger partial charge in [0.05, 0.1) is 6.10 Å². The zero-order valence-corrected chi connectivity index (χ0v) is 13.7. The predicted octanol–water partition coefficient (Wildman–Crippen LogP) is 2.81. The number of rotatable bonds is 4. The van der Waals surface area contributed by atoms with Crippen molar-refractivity contribution < 1.29 is 9.50 Å². The quantitative estimate of drug-likeness (QED) is 0.925. The molecule has 0 unspecified atom stereocenters. The third kappa shape index (κ3) is 3.44. The maximum atomic E-state index is 13.0. The molecule has 1 aromatic rings. The van der Waals surface area contributed by atoms with E-state index in [0.717, 1.165) is 36.7 Å². The number of hydrogen-bond acceptors (Lipinski definition) is 3. The number of likely N-dealkylation sites (tertiary alicyclic amines) is 2. The summed E-state index contributed by atoms with van der Waals surface area (Å²) in [6.45, 7) is 4.14. The molecule has 3 atom stereocenters. The summed E-state index contributed by atoms with van der Waals surface area (Å²) in [6, 6.07) is 7.90. The van der Waals surface area contributed by atoms with E-state index in [0.29, 0.717) is 6.54 Å². The Morgan fingerprint density at radius 1 is 1.09 bits per heavy atom. The average Bonchev–Trinajstić information content (AvgIpc) is 3.39. The minimum absolute atomic E-state index is 0.246. The fraction of sp³-hybridized carbons (Fsp3) is 0.684. The van der Waals surface area contributed by atoms with Gasteiger partial charge in [0, 0.05) is 25.2 Å². The van der Waals surface area contributed by atoms with Crippen LogP contribution in [-0.2, 0) is 0 Å². The Labute approximate surface area is 138 Å². The molecule has 3 aliphatic rings. The molecule has 0 amide bonds. The Morgan fingerprint density at radius 2 is 1.87 bits per heavy atom. The van der Waals surface area contributed by atoms with Gasteiger partial charge in [-0.15, -0.1) is 0 Å². The van der Waals surface area contributed by atoms with Crippen LogP contribution >= 0.6 is 0 Å². The monoisotopic (exact) mass is 318 g/mol. The van der Waals surface area contributed by atoms with Crippen LogP contribution in [0.25, 0.3) is 0 Å². The fourth-order valence-electron chi connectivity index (χ4n) is 4.58. The lowest BCUT2D eigenvalue weighted by Crippen LogP contribution is -2.55. The molecule has 2 saturated heterocycles. The number of nitrogens with zero attached hydrogens (tertiary/aromatic N) is 2. The van der Waals surface area contributed by atoms with Gasteiger partial charge in [-0.05, 0) is 68.8 Å². The van der Waals surface area contributed by atoms with Gasteiger partial charge in [0.1, 0.15) is 5.82 Å². The molecule has 2 heterocycles. The normalized spacial score (nSPS) is 30.9. The molecule has 1 aromatic carbocycles. The molecule has 4 rings (SSSR count). The third-order valence-corrected chi connectivity index (χ3v) is 5.90. The Kier molecular flexibility index (Phi) is 4.39. The first-order valence-electron chi connectivity index (χ1n) is 9.12. The van der Waals surface area contributed by atoms with E-state index in [9.17, 15) is 9.50 Å². The number of aliphatic hydroxyl groups excluding tert-OH is 1. The number of benzene rings is 1. The van der Waals surface area contributed by atoms with Crippen LogP contribution < -0.4 is 0 Å². The van der Waals surface area contributed by atoms with Gasteiger partial charge in [-0.2, -0.15) is 0 Å². The summed E-state index contributed by atoms with van der Waals surface area (Å²) in [5.41, 5.74) is 0.816. The van der Waals surface area contributed by atoms with E-state index >= 15 is 0 Å². The van der Waals surface area contributed by atoms with E-state index in [1.54, 1.807) is 12.1 Å². The zero-order valence-electron chi connectivity index (χ0n) is 13.7. The van der Waals surface area contributed by atoms with Crippen LogP contribution in [0.4, 0.5) is 4.39 Å². The van der Waals surface area contributed by atoms with Crippen molar-refractivity contribution in [2.45, 2.75) is 50.3 Å². The lowest BCUT2D eigenvalue weighted by Gasteiger charge is -2.48. The second-order valence-electron chi connectivity index (χ2n) is 7.55. The maximum Gasteiger partial charge on any atom is 0.123 e. The second kappa shape index (κ2) is 6.50. The number of β-amino-alcohol motifs (C(OH)–C–C–N with tert-alkyl or cyclic N) is 1. The van der Waals surface area contributed by atoms with Crippen molar-refractivity contribution in [2.75, 3.05) is 26.2 Å². The van der Waals surface area contributed by atoms with Gasteiger partial charge in [0.2, 0.25) is 0 Å². The first kappa shape index (κ1) is 15.6. The van der Waals surface area contributed by atoms with Crippen molar-refractivity contribution >= 4 is 0 Å². The van der Waals surface area contributed by atoms with Gasteiger partial charge in [-0.1, -0.05) is 12.1 Å². The van der Waals surface area contributed by atoms with Crippen molar-refractivity contribution in [3.05, 3.63) is 35.6 Å². The summed E-state index contributed by atoms with van der Waals surface area (Å²) in [5, 5.41) is 10.4. The molecule has 1 N–H and O–H groups in total. The van der Waals surface area contributed by atoms with Crippen molar-refractivity contribution in [1.82, 2.24) is 9.80 Å². The van der Waals surface area contributed by atoms with Gasteiger partial charge in [0.25, 0.3) is 0 Å². The second-order valence-corrected chi connectivity index (χ2v) is 7.55. The van der Waals surface area contributed by atoms with Gasteiger partial charge >= 0.3 is 0 Å². The van der Waals surface area contributed by atoms with Crippen molar-refractivity contribution in [3.8, 4) is 0 Å². The maximum absolute atomic E-state index is 13.0. The highest BCUT2D eigenvalue weighted by Gasteiger charge is 2.42. The highest BCUT2D eigenvalue weighted by Crippen LogP contribution is 2.38. The molecular formula is C19H27FN2O. The first-order valence-corrected chi connectivity index (χ1v) is 9.12. The van der Waals surface area contributed by atoms with E-state index in [4.69, 9.17) is 0 Å². The lowest BCUT2D eigenvalue weighted by atomic mass is 9.83. The van der Waals surface area contributed by atoms with E-state index in [1.165, 1.54) is 50.8 Å². The van der Waals surface area contributed by atoms with Gasteiger partial charge in [-0.3, -0.25) is 4.90 Å². The molecule has 4 heteroatoms. The summed E-state index contributed by atoms with van der Waals surface area (Å²) in [6.07, 6.45) is 6.17. The molecule has 0 aromatic heterocycles. The van der Waals surface area contributed by atoms with Crippen molar-refractivity contribution in [3.63, 3.8) is 0 Å². The standard InChI is InChI=1S/C19H27FN2O/c20-16-5-3-14(4-6-16)19(23)13-21-11-9-18-15(12-21)2-1-10-22(18)17-7-8-17/h3-6,15,17-19,23H,1-2,7-13H2/t15-,18-,19+/m0/s1. The smallest absolute Gasteiger partial charge is 0.123 e. The Hall–Kier alpha value is -0.970. The summed E-state index contributed by atoms with van der Waals surface area (Å²) < 4.78 is 13.0. The van der Waals surface area contributed by atoms with Crippen molar-refractivity contribution in [2.24, 2.45) is 5.92 Å². The van der Waals surface area contributed by atoms with Crippen LogP contribution in [0.15, 0.2) is 24.3 Å². The van der Waals surface area contributed by atoms with E-state index in [1.807, 2.05) is 0 Å². The Morgan fingerprint density at radius 3 is 2.61 bits per heavy atom. The van der Waals surface area contributed by atoms with Crippen LogP contribution in [0, 0.1) is 11.7 Å². The Bertz CT molecular complexity index is 531. The molecule has 1 saturated carbocycles. The molecule has 0 bridgehead atoms. The third-order valence-electron chi connectivity index (χ3n) is 5.90. The Balaban J connectivity index is 1.35. The van der Waals surface area contributed by atoms with Gasteiger partial charge < -0.3 is 10.0 Å². The number of hydrogen-bond donors (Lipinski definition) is 1. The molecule has 3 nitrogen and oxygen atoms in total. The molecule has 1 aliphatic carbocycles. The van der Waals surface area contributed by atoms with E-state index < -0.39 is 6.10 Å². The van der Waals surface area contributed by atoms with Crippen LogP contribution in [0.2, 0.25) is 0 Å². The SMILES string of the molecule is O[C@H](CN1CC[C@H]2[C@@H](CCCN2C2CC2)C1)c1ccc(F)cc1. The van der Waals surface area contributed by atoms with Crippen LogP contribution in [0.3, 0.4) is 0 Å². The minimum Gasteiger partial charge on any atom is -0.387 e. The summed E-state index contributed by atoms with van der Waals surface area (Å²) >= 11 is 0. The molecule has 0 radical (unpaired) electrons. The summed E-state index contributed by atoms with van der Waals surface area (Å²) in [7, 11) is 0. The van der Waals surface area contributed by atoms with Crippen molar-refractivity contribution in [1.29, 1.82) is 0 Å². The summed E-state index contributed by atoms with van der Waals surface area (Å²) in [4.78, 5) is 5.19. The van der Waals surface area contributed by atoms with Crippen LogP contribution in [0.1, 0.15) is 43.8 Å². The number of halogens is 1. The minimum atomic E-state index is -0.518. The number of fused-ring (bicyclic) bond motifs is 1. The van der Waals surface area contributed by atoms with Crippen LogP contribution in [-0.4, -0.2) is 53.2 Å².